The van der Waals surface area contributed by atoms with Crippen molar-refractivity contribution in [1.82, 2.24) is 4.90 Å². The van der Waals surface area contributed by atoms with Crippen molar-refractivity contribution < 1.29 is 14.9 Å². The van der Waals surface area contributed by atoms with Gasteiger partial charge in [-0.1, -0.05) is 0 Å². The van der Waals surface area contributed by atoms with Gasteiger partial charge in [0.25, 0.3) is 0 Å². The van der Waals surface area contributed by atoms with E-state index in [2.05, 4.69) is 0 Å². The van der Waals surface area contributed by atoms with Crippen molar-refractivity contribution >= 4 is 0 Å². The smallest absolute Gasteiger partial charge is 0.0634 e. The van der Waals surface area contributed by atoms with Gasteiger partial charge >= 0.3 is 0 Å². The van der Waals surface area contributed by atoms with Crippen molar-refractivity contribution in [3.63, 3.8) is 0 Å². The lowest BCUT2D eigenvalue weighted by Crippen LogP contribution is -2.35. The average molecular weight is 205 g/mol. The molecule has 4 nitrogen and oxygen atoms in total. The Labute approximate surface area is 86.5 Å². The molecule has 0 unspecified atom stereocenters. The Hall–Kier alpha value is -0.160. The monoisotopic (exact) mass is 205 g/mol. The highest BCUT2D eigenvalue weighted by molar-refractivity contribution is 4.70. The topological polar surface area (TPSA) is 52.9 Å². The molecule has 0 fully saturated rings. The summed E-state index contributed by atoms with van der Waals surface area (Å²) in [5, 5.41) is 17.6. The Kier molecular flexibility index (Phi) is 7.09. The Morgan fingerprint density at radius 3 is 1.93 bits per heavy atom. The van der Waals surface area contributed by atoms with Crippen LogP contribution in [0.3, 0.4) is 0 Å². The summed E-state index contributed by atoms with van der Waals surface area (Å²) >= 11 is 0. The number of ether oxygens (including phenoxy) is 1. The van der Waals surface area contributed by atoms with Gasteiger partial charge in [0.2, 0.25) is 0 Å². The van der Waals surface area contributed by atoms with Crippen LogP contribution >= 0.6 is 0 Å². The SMILES string of the molecule is COC(C)(C)CCN(CCO)CCO. The zero-order chi connectivity index (χ0) is 11.0. The van der Waals surface area contributed by atoms with Gasteiger partial charge in [-0.3, -0.25) is 4.90 Å². The van der Waals surface area contributed by atoms with Crippen LogP contribution in [0.25, 0.3) is 0 Å². The molecule has 0 saturated carbocycles. The zero-order valence-electron chi connectivity index (χ0n) is 9.49. The second kappa shape index (κ2) is 7.17. The number of nitrogens with zero attached hydrogens (tertiary/aromatic N) is 1. The van der Waals surface area contributed by atoms with Crippen molar-refractivity contribution in [2.45, 2.75) is 25.9 Å². The number of rotatable bonds is 8. The van der Waals surface area contributed by atoms with Gasteiger partial charge < -0.3 is 14.9 Å². The Bertz CT molecular complexity index is 133. The predicted octanol–water partition coefficient (Wildman–Crippen LogP) is 0.0881. The second-order valence-corrected chi connectivity index (χ2v) is 4.00. The summed E-state index contributed by atoms with van der Waals surface area (Å²) in [6.07, 6.45) is 0.892. The molecule has 86 valence electrons. The first kappa shape index (κ1) is 13.8. The molecule has 14 heavy (non-hydrogen) atoms. The van der Waals surface area contributed by atoms with Crippen molar-refractivity contribution in [1.29, 1.82) is 0 Å². The van der Waals surface area contributed by atoms with E-state index < -0.39 is 0 Å². The molecule has 0 aliphatic heterocycles. The second-order valence-electron chi connectivity index (χ2n) is 4.00. The Morgan fingerprint density at radius 1 is 1.07 bits per heavy atom. The molecule has 0 spiro atoms. The number of aliphatic hydroxyl groups excluding tert-OH is 2. The summed E-state index contributed by atoms with van der Waals surface area (Å²) < 4.78 is 5.29. The van der Waals surface area contributed by atoms with Crippen LogP contribution < -0.4 is 0 Å². The van der Waals surface area contributed by atoms with Crippen LogP contribution in [-0.4, -0.2) is 60.7 Å². The molecule has 4 heteroatoms. The van der Waals surface area contributed by atoms with Crippen LogP contribution in [0.5, 0.6) is 0 Å². The van der Waals surface area contributed by atoms with Gasteiger partial charge in [0.05, 0.1) is 18.8 Å². The molecular formula is C10H23NO3. The molecule has 0 aliphatic rings. The van der Waals surface area contributed by atoms with E-state index >= 15 is 0 Å². The van der Waals surface area contributed by atoms with E-state index in [4.69, 9.17) is 14.9 Å². The minimum absolute atomic E-state index is 0.132. The third-order valence-electron chi connectivity index (χ3n) is 2.42. The van der Waals surface area contributed by atoms with Gasteiger partial charge in [-0.2, -0.15) is 0 Å². The Balaban J connectivity index is 3.80. The maximum Gasteiger partial charge on any atom is 0.0634 e. The van der Waals surface area contributed by atoms with Crippen molar-refractivity contribution in [3.8, 4) is 0 Å². The first-order valence-corrected chi connectivity index (χ1v) is 5.05. The van der Waals surface area contributed by atoms with Gasteiger partial charge in [-0.15, -0.1) is 0 Å². The van der Waals surface area contributed by atoms with Gasteiger partial charge in [0, 0.05) is 26.7 Å². The van der Waals surface area contributed by atoms with Crippen LogP contribution in [0.4, 0.5) is 0 Å². The molecule has 0 atom stereocenters. The predicted molar refractivity (Wildman–Crippen MR) is 56.3 cm³/mol. The standard InChI is InChI=1S/C10H23NO3/c1-10(2,14-3)4-5-11(6-8-12)7-9-13/h12-13H,4-9H2,1-3H3. The highest BCUT2D eigenvalue weighted by atomic mass is 16.5. The number of hydrogen-bond acceptors (Lipinski definition) is 4. The molecular weight excluding hydrogens is 182 g/mol. The number of methoxy groups -OCH3 is 1. The molecule has 0 saturated heterocycles. The van der Waals surface area contributed by atoms with Crippen LogP contribution in [0.15, 0.2) is 0 Å². The lowest BCUT2D eigenvalue weighted by molar-refractivity contribution is 0.00512. The molecule has 0 aromatic heterocycles. The van der Waals surface area contributed by atoms with E-state index in [1.165, 1.54) is 0 Å². The molecule has 0 aromatic carbocycles. The fourth-order valence-electron chi connectivity index (χ4n) is 1.15. The third-order valence-corrected chi connectivity index (χ3v) is 2.42. The highest BCUT2D eigenvalue weighted by Gasteiger charge is 2.17. The summed E-state index contributed by atoms with van der Waals surface area (Å²) in [4.78, 5) is 2.03. The van der Waals surface area contributed by atoms with E-state index in [0.717, 1.165) is 13.0 Å². The van der Waals surface area contributed by atoms with Crippen LogP contribution in [-0.2, 0) is 4.74 Å². The number of hydrogen-bond donors (Lipinski definition) is 2. The molecule has 0 heterocycles. The first-order chi connectivity index (χ1) is 6.55. The molecule has 0 rings (SSSR count). The first-order valence-electron chi connectivity index (χ1n) is 5.05. The van der Waals surface area contributed by atoms with Gasteiger partial charge in [-0.05, 0) is 20.3 Å². The fourth-order valence-corrected chi connectivity index (χ4v) is 1.15. The molecule has 0 aliphatic carbocycles. The summed E-state index contributed by atoms with van der Waals surface area (Å²) in [6.45, 7) is 6.38. The lowest BCUT2D eigenvalue weighted by Gasteiger charge is -2.27. The van der Waals surface area contributed by atoms with Crippen molar-refractivity contribution in [2.24, 2.45) is 0 Å². The maximum atomic E-state index is 8.80. The minimum Gasteiger partial charge on any atom is -0.395 e. The van der Waals surface area contributed by atoms with Crippen LogP contribution in [0, 0.1) is 0 Å². The highest BCUT2D eigenvalue weighted by Crippen LogP contribution is 2.13. The molecule has 0 aromatic rings. The quantitative estimate of drug-likeness (QED) is 0.589. The summed E-state index contributed by atoms with van der Waals surface area (Å²) in [6, 6.07) is 0. The zero-order valence-corrected chi connectivity index (χ0v) is 9.49. The van der Waals surface area contributed by atoms with Crippen LogP contribution in [0.1, 0.15) is 20.3 Å². The number of aliphatic hydroxyl groups is 2. The van der Waals surface area contributed by atoms with Gasteiger partial charge in [0.15, 0.2) is 0 Å². The van der Waals surface area contributed by atoms with E-state index in [0.29, 0.717) is 13.1 Å². The van der Waals surface area contributed by atoms with E-state index in [1.807, 2.05) is 18.7 Å². The molecule has 2 N–H and O–H groups in total. The molecule has 0 radical (unpaired) electrons. The lowest BCUT2D eigenvalue weighted by atomic mass is 10.1. The third kappa shape index (κ3) is 6.32. The van der Waals surface area contributed by atoms with E-state index in [1.54, 1.807) is 7.11 Å². The summed E-state index contributed by atoms with van der Waals surface area (Å²) in [7, 11) is 1.70. The summed E-state index contributed by atoms with van der Waals surface area (Å²) in [5.74, 6) is 0. The van der Waals surface area contributed by atoms with E-state index in [9.17, 15) is 0 Å². The molecule has 0 amide bonds. The molecule has 0 bridgehead atoms. The Morgan fingerprint density at radius 2 is 1.57 bits per heavy atom. The fraction of sp³-hybridized carbons (Fsp3) is 1.00. The van der Waals surface area contributed by atoms with Crippen molar-refractivity contribution in [3.05, 3.63) is 0 Å². The van der Waals surface area contributed by atoms with Crippen molar-refractivity contribution in [2.75, 3.05) is 40.0 Å². The average Bonchev–Trinajstić information content (AvgIpc) is 2.15. The minimum atomic E-state index is -0.136. The normalized spacial score (nSPS) is 12.4. The van der Waals surface area contributed by atoms with Crippen LogP contribution in [0.2, 0.25) is 0 Å². The van der Waals surface area contributed by atoms with Gasteiger partial charge in [0.1, 0.15) is 0 Å². The maximum absolute atomic E-state index is 8.80. The largest absolute Gasteiger partial charge is 0.395 e. The summed E-state index contributed by atoms with van der Waals surface area (Å²) in [5.41, 5.74) is -0.136. The van der Waals surface area contributed by atoms with Gasteiger partial charge in [-0.25, -0.2) is 0 Å². The van der Waals surface area contributed by atoms with E-state index in [-0.39, 0.29) is 18.8 Å².